The molecule has 29 heavy (non-hydrogen) atoms. The molecule has 0 fully saturated rings. The summed E-state index contributed by atoms with van der Waals surface area (Å²) in [5, 5.41) is 7.02. The van der Waals surface area contributed by atoms with Crippen LogP contribution in [0.3, 0.4) is 0 Å². The van der Waals surface area contributed by atoms with Crippen molar-refractivity contribution in [1.82, 2.24) is 15.5 Å². The predicted octanol–water partition coefficient (Wildman–Crippen LogP) is 4.26. The van der Waals surface area contributed by atoms with Gasteiger partial charge >= 0.3 is 0 Å². The lowest BCUT2D eigenvalue weighted by atomic mass is 10.0. The number of hydrogen-bond donors (Lipinski definition) is 1. The van der Waals surface area contributed by atoms with Crippen molar-refractivity contribution in [3.05, 3.63) is 102 Å². The maximum atomic E-state index is 12.9. The van der Waals surface area contributed by atoms with E-state index in [4.69, 9.17) is 9.26 Å². The molecule has 4 rings (SSSR count). The van der Waals surface area contributed by atoms with E-state index >= 15 is 0 Å². The first-order valence-corrected chi connectivity index (χ1v) is 9.12. The third kappa shape index (κ3) is 4.16. The topological polar surface area (TPSA) is 77.2 Å². The second-order valence-corrected chi connectivity index (χ2v) is 6.38. The molecule has 4 aromatic rings. The van der Waals surface area contributed by atoms with E-state index in [1.54, 1.807) is 19.4 Å². The molecule has 0 aliphatic heterocycles. The molecule has 2 heterocycles. The summed E-state index contributed by atoms with van der Waals surface area (Å²) in [7, 11) is 1.61. The van der Waals surface area contributed by atoms with Crippen molar-refractivity contribution >= 4 is 5.91 Å². The number of rotatable bonds is 6. The van der Waals surface area contributed by atoms with Crippen molar-refractivity contribution in [1.29, 1.82) is 0 Å². The number of amides is 1. The summed E-state index contributed by atoms with van der Waals surface area (Å²) in [6.07, 6.45) is 1.70. The Kier molecular flexibility index (Phi) is 5.33. The molecular weight excluding hydrogens is 366 g/mol. The van der Waals surface area contributed by atoms with Crippen LogP contribution in [-0.4, -0.2) is 23.2 Å². The van der Waals surface area contributed by atoms with Gasteiger partial charge in [-0.15, -0.1) is 0 Å². The van der Waals surface area contributed by atoms with Gasteiger partial charge in [0, 0.05) is 17.8 Å². The van der Waals surface area contributed by atoms with E-state index in [0.29, 0.717) is 5.69 Å². The molecule has 2 aromatic heterocycles. The molecule has 0 saturated carbocycles. The number of hydrogen-bond acceptors (Lipinski definition) is 5. The number of carbonyl (C=O) groups excluding carboxylic acids is 1. The van der Waals surface area contributed by atoms with Crippen LogP contribution in [0.2, 0.25) is 0 Å². The monoisotopic (exact) mass is 385 g/mol. The van der Waals surface area contributed by atoms with Gasteiger partial charge in [0.25, 0.3) is 5.91 Å². The number of methoxy groups -OCH3 is 1. The maximum Gasteiger partial charge on any atom is 0.290 e. The fraction of sp³-hybridized carbons (Fsp3) is 0.0870. The van der Waals surface area contributed by atoms with Crippen LogP contribution in [0.5, 0.6) is 5.75 Å². The lowest BCUT2D eigenvalue weighted by Crippen LogP contribution is -2.29. The normalized spacial score (nSPS) is 11.6. The average molecular weight is 385 g/mol. The summed E-state index contributed by atoms with van der Waals surface area (Å²) in [4.78, 5) is 17.3. The molecular formula is C23H19N3O3. The van der Waals surface area contributed by atoms with Gasteiger partial charge in [0.2, 0.25) is 5.76 Å². The fourth-order valence-electron chi connectivity index (χ4n) is 3.00. The number of carbonyl (C=O) groups is 1. The van der Waals surface area contributed by atoms with Crippen LogP contribution < -0.4 is 10.1 Å². The number of ether oxygens (including phenoxy) is 1. The number of aromatic nitrogens is 2. The molecule has 1 atom stereocenters. The van der Waals surface area contributed by atoms with E-state index in [1.165, 1.54) is 0 Å². The Balaban J connectivity index is 1.57. The zero-order chi connectivity index (χ0) is 20.1. The van der Waals surface area contributed by atoms with E-state index < -0.39 is 6.04 Å². The van der Waals surface area contributed by atoms with Crippen molar-refractivity contribution in [2.24, 2.45) is 0 Å². The molecule has 0 saturated heterocycles. The van der Waals surface area contributed by atoms with Gasteiger partial charge < -0.3 is 14.6 Å². The molecule has 0 bridgehead atoms. The van der Waals surface area contributed by atoms with Gasteiger partial charge in [0.15, 0.2) is 0 Å². The van der Waals surface area contributed by atoms with Crippen LogP contribution in [0.4, 0.5) is 0 Å². The Morgan fingerprint density at radius 2 is 1.76 bits per heavy atom. The first-order chi connectivity index (χ1) is 14.2. The predicted molar refractivity (Wildman–Crippen MR) is 108 cm³/mol. The summed E-state index contributed by atoms with van der Waals surface area (Å²) in [6, 6.07) is 23.9. The first kappa shape index (κ1) is 18.4. The van der Waals surface area contributed by atoms with Crippen LogP contribution >= 0.6 is 0 Å². The molecule has 0 aliphatic carbocycles. The minimum absolute atomic E-state index is 0.132. The van der Waals surface area contributed by atoms with E-state index in [1.807, 2.05) is 72.8 Å². The Bertz CT molecular complexity index is 1040. The Hall–Kier alpha value is -3.93. The highest BCUT2D eigenvalue weighted by atomic mass is 16.5. The molecule has 0 radical (unpaired) electrons. The highest BCUT2D eigenvalue weighted by Gasteiger charge is 2.21. The second-order valence-electron chi connectivity index (χ2n) is 6.38. The van der Waals surface area contributed by atoms with Gasteiger partial charge in [-0.25, -0.2) is 0 Å². The molecule has 144 valence electrons. The molecule has 0 spiro atoms. The van der Waals surface area contributed by atoms with Crippen LogP contribution in [-0.2, 0) is 0 Å². The third-order valence-electron chi connectivity index (χ3n) is 4.51. The minimum Gasteiger partial charge on any atom is -0.497 e. The van der Waals surface area contributed by atoms with Crippen LogP contribution in [0.25, 0.3) is 11.3 Å². The summed E-state index contributed by atoms with van der Waals surface area (Å²) in [6.45, 7) is 0. The van der Waals surface area contributed by atoms with E-state index in [0.717, 1.165) is 22.6 Å². The summed E-state index contributed by atoms with van der Waals surface area (Å²) < 4.78 is 10.5. The maximum absolute atomic E-state index is 12.9. The third-order valence-corrected chi connectivity index (χ3v) is 4.51. The molecule has 1 unspecified atom stereocenters. The highest BCUT2D eigenvalue weighted by Crippen LogP contribution is 2.24. The fourth-order valence-corrected chi connectivity index (χ4v) is 3.00. The smallest absolute Gasteiger partial charge is 0.290 e. The van der Waals surface area contributed by atoms with E-state index in [-0.39, 0.29) is 11.7 Å². The van der Waals surface area contributed by atoms with Gasteiger partial charge in [0.1, 0.15) is 11.4 Å². The average Bonchev–Trinajstić information content (AvgIpc) is 3.29. The standard InChI is InChI=1S/C23H19N3O3/c1-28-18-12-10-16(11-13-18)20-15-21(29-26-20)23(27)25-22(17-7-3-2-4-8-17)19-9-5-6-14-24-19/h2-15,22H,1H3,(H,25,27). The zero-order valence-corrected chi connectivity index (χ0v) is 15.8. The molecule has 2 aromatic carbocycles. The van der Waals surface area contributed by atoms with Crippen molar-refractivity contribution in [3.63, 3.8) is 0 Å². The van der Waals surface area contributed by atoms with E-state index in [9.17, 15) is 4.79 Å². The van der Waals surface area contributed by atoms with Gasteiger partial charge in [0.05, 0.1) is 18.8 Å². The summed E-state index contributed by atoms with van der Waals surface area (Å²) >= 11 is 0. The molecule has 6 nitrogen and oxygen atoms in total. The zero-order valence-electron chi connectivity index (χ0n) is 15.8. The van der Waals surface area contributed by atoms with Crippen molar-refractivity contribution < 1.29 is 14.1 Å². The quantitative estimate of drug-likeness (QED) is 0.536. The highest BCUT2D eigenvalue weighted by molar-refractivity contribution is 5.92. The lowest BCUT2D eigenvalue weighted by molar-refractivity contribution is 0.0905. The Morgan fingerprint density at radius 1 is 1.00 bits per heavy atom. The van der Waals surface area contributed by atoms with Crippen LogP contribution in [0, 0.1) is 0 Å². The molecule has 0 aliphatic rings. The first-order valence-electron chi connectivity index (χ1n) is 9.12. The molecule has 1 N–H and O–H groups in total. The van der Waals surface area contributed by atoms with Crippen molar-refractivity contribution in [3.8, 4) is 17.0 Å². The minimum atomic E-state index is -0.403. The van der Waals surface area contributed by atoms with Crippen LogP contribution in [0.1, 0.15) is 27.9 Å². The molecule has 6 heteroatoms. The van der Waals surface area contributed by atoms with Crippen LogP contribution in [0.15, 0.2) is 89.6 Å². The second kappa shape index (κ2) is 8.39. The van der Waals surface area contributed by atoms with Crippen molar-refractivity contribution in [2.75, 3.05) is 7.11 Å². The van der Waals surface area contributed by atoms with Crippen molar-refractivity contribution in [2.45, 2.75) is 6.04 Å². The lowest BCUT2D eigenvalue weighted by Gasteiger charge is -2.18. The number of benzene rings is 2. The summed E-state index contributed by atoms with van der Waals surface area (Å²) in [5.74, 6) is 0.515. The number of pyridine rings is 1. The summed E-state index contributed by atoms with van der Waals surface area (Å²) in [5.41, 5.74) is 3.07. The number of nitrogens with zero attached hydrogens (tertiary/aromatic N) is 2. The Labute approximate surface area is 168 Å². The molecule has 1 amide bonds. The largest absolute Gasteiger partial charge is 0.497 e. The number of nitrogens with one attached hydrogen (secondary N) is 1. The van der Waals surface area contributed by atoms with E-state index in [2.05, 4.69) is 15.5 Å². The van der Waals surface area contributed by atoms with Gasteiger partial charge in [-0.1, -0.05) is 41.6 Å². The Morgan fingerprint density at radius 3 is 2.45 bits per heavy atom. The SMILES string of the molecule is COc1ccc(-c2cc(C(=O)NC(c3ccccc3)c3ccccn3)on2)cc1. The van der Waals surface area contributed by atoms with Gasteiger partial charge in [-0.3, -0.25) is 9.78 Å². The van der Waals surface area contributed by atoms with Gasteiger partial charge in [-0.05, 0) is 42.0 Å². The van der Waals surface area contributed by atoms with Gasteiger partial charge in [-0.2, -0.15) is 0 Å².